The van der Waals surface area contributed by atoms with Gasteiger partial charge >= 0.3 is 0 Å². The lowest BCUT2D eigenvalue weighted by molar-refractivity contribution is 0.0997. The van der Waals surface area contributed by atoms with Gasteiger partial charge in [-0.05, 0) is 31.9 Å². The summed E-state index contributed by atoms with van der Waals surface area (Å²) in [5.41, 5.74) is 3.99. The standard InChI is InChI=1S/C17H18N2O/c1-13-12-16(17(20)8-10-18)14(2)19(13)11-9-15-6-4-3-5-7-15/h3-7,12H,8-9,11H2,1-2H3. The van der Waals surface area contributed by atoms with E-state index in [1.807, 2.05) is 44.2 Å². The molecule has 0 aliphatic rings. The average Bonchev–Trinajstić information content (AvgIpc) is 2.73. The molecule has 0 aliphatic heterocycles. The van der Waals surface area contributed by atoms with Crippen molar-refractivity contribution in [2.75, 3.05) is 0 Å². The Labute approximate surface area is 119 Å². The van der Waals surface area contributed by atoms with Crippen molar-refractivity contribution in [3.8, 4) is 6.07 Å². The van der Waals surface area contributed by atoms with E-state index >= 15 is 0 Å². The molecule has 0 atom stereocenters. The zero-order chi connectivity index (χ0) is 14.5. The first-order valence-electron chi connectivity index (χ1n) is 6.74. The predicted molar refractivity (Wildman–Crippen MR) is 78.6 cm³/mol. The number of rotatable bonds is 5. The molecule has 20 heavy (non-hydrogen) atoms. The fraction of sp³-hybridized carbons (Fsp3) is 0.294. The first kappa shape index (κ1) is 14.1. The maximum absolute atomic E-state index is 11.9. The van der Waals surface area contributed by atoms with E-state index in [4.69, 9.17) is 5.26 Å². The number of hydrogen-bond donors (Lipinski definition) is 0. The van der Waals surface area contributed by atoms with Crippen molar-refractivity contribution < 1.29 is 4.79 Å². The summed E-state index contributed by atoms with van der Waals surface area (Å²) >= 11 is 0. The third-order valence-electron chi connectivity index (χ3n) is 3.58. The van der Waals surface area contributed by atoms with Crippen molar-refractivity contribution in [1.82, 2.24) is 4.57 Å². The van der Waals surface area contributed by atoms with Crippen LogP contribution in [0.2, 0.25) is 0 Å². The molecule has 3 heteroatoms. The molecule has 102 valence electrons. The summed E-state index contributed by atoms with van der Waals surface area (Å²) in [6.45, 7) is 4.80. The lowest BCUT2D eigenvalue weighted by Crippen LogP contribution is -2.07. The molecule has 2 aromatic rings. The molecule has 0 saturated heterocycles. The number of nitriles is 1. The Morgan fingerprint density at radius 2 is 1.95 bits per heavy atom. The van der Waals surface area contributed by atoms with Gasteiger partial charge in [-0.2, -0.15) is 5.26 Å². The maximum Gasteiger partial charge on any atom is 0.178 e. The second-order valence-electron chi connectivity index (χ2n) is 4.93. The molecule has 0 saturated carbocycles. The van der Waals surface area contributed by atoms with E-state index in [-0.39, 0.29) is 12.2 Å². The SMILES string of the molecule is Cc1cc(C(=O)CC#N)c(C)n1CCc1ccccc1. The average molecular weight is 266 g/mol. The van der Waals surface area contributed by atoms with Gasteiger partial charge in [0, 0.05) is 23.5 Å². The molecule has 3 nitrogen and oxygen atoms in total. The molecular weight excluding hydrogens is 248 g/mol. The van der Waals surface area contributed by atoms with Crippen LogP contribution in [0, 0.1) is 25.2 Å². The van der Waals surface area contributed by atoms with E-state index in [1.54, 1.807) is 0 Å². The van der Waals surface area contributed by atoms with Crippen molar-refractivity contribution in [3.05, 3.63) is 58.9 Å². The van der Waals surface area contributed by atoms with E-state index in [2.05, 4.69) is 16.7 Å². The van der Waals surface area contributed by atoms with Crippen LogP contribution in [0.1, 0.15) is 33.7 Å². The number of carbonyl (C=O) groups is 1. The van der Waals surface area contributed by atoms with Crippen molar-refractivity contribution in [1.29, 1.82) is 5.26 Å². The quantitative estimate of drug-likeness (QED) is 0.778. The third kappa shape index (κ3) is 2.97. The molecule has 0 bridgehead atoms. The van der Waals surface area contributed by atoms with E-state index in [9.17, 15) is 4.79 Å². The van der Waals surface area contributed by atoms with E-state index < -0.39 is 0 Å². The highest BCUT2D eigenvalue weighted by Gasteiger charge is 2.15. The maximum atomic E-state index is 11.9. The fourth-order valence-corrected chi connectivity index (χ4v) is 2.48. The molecule has 2 rings (SSSR count). The molecule has 0 fully saturated rings. The van der Waals surface area contributed by atoms with Crippen molar-refractivity contribution >= 4 is 5.78 Å². The molecule has 0 unspecified atom stereocenters. The topological polar surface area (TPSA) is 45.8 Å². The summed E-state index contributed by atoms with van der Waals surface area (Å²) in [6, 6.07) is 14.1. The van der Waals surface area contributed by atoms with Crippen LogP contribution < -0.4 is 0 Å². The summed E-state index contributed by atoms with van der Waals surface area (Å²) in [7, 11) is 0. The minimum absolute atomic E-state index is 0.0526. The molecule has 0 aliphatic carbocycles. The van der Waals surface area contributed by atoms with Gasteiger partial charge in [0.2, 0.25) is 0 Å². The Kier molecular flexibility index (Phi) is 4.37. The lowest BCUT2D eigenvalue weighted by Gasteiger charge is -2.09. The number of hydrogen-bond acceptors (Lipinski definition) is 2. The van der Waals surface area contributed by atoms with Gasteiger partial charge in [0.15, 0.2) is 5.78 Å². The first-order valence-corrected chi connectivity index (χ1v) is 6.74. The number of nitrogens with zero attached hydrogens (tertiary/aromatic N) is 2. The summed E-state index contributed by atoms with van der Waals surface area (Å²) < 4.78 is 2.15. The highest BCUT2D eigenvalue weighted by atomic mass is 16.1. The smallest absolute Gasteiger partial charge is 0.178 e. The van der Waals surface area contributed by atoms with Crippen LogP contribution in [-0.2, 0) is 13.0 Å². The monoisotopic (exact) mass is 266 g/mol. The number of Topliss-reactive ketones (excluding diaryl/α,β-unsaturated/α-hetero) is 1. The van der Waals surface area contributed by atoms with Gasteiger partial charge in [-0.3, -0.25) is 4.79 Å². The van der Waals surface area contributed by atoms with Crippen LogP contribution in [0.5, 0.6) is 0 Å². The molecule has 1 aromatic carbocycles. The Morgan fingerprint density at radius 3 is 2.60 bits per heavy atom. The Morgan fingerprint density at radius 1 is 1.25 bits per heavy atom. The third-order valence-corrected chi connectivity index (χ3v) is 3.58. The lowest BCUT2D eigenvalue weighted by atomic mass is 10.1. The molecule has 0 radical (unpaired) electrons. The Balaban J connectivity index is 2.17. The Hall–Kier alpha value is -2.34. The second-order valence-corrected chi connectivity index (χ2v) is 4.93. The van der Waals surface area contributed by atoms with Crippen molar-refractivity contribution in [2.24, 2.45) is 0 Å². The summed E-state index contributed by atoms with van der Waals surface area (Å²) in [4.78, 5) is 11.9. The molecular formula is C17H18N2O. The van der Waals surface area contributed by atoms with E-state index in [1.165, 1.54) is 5.56 Å². The van der Waals surface area contributed by atoms with Crippen LogP contribution in [0.25, 0.3) is 0 Å². The van der Waals surface area contributed by atoms with Crippen molar-refractivity contribution in [3.63, 3.8) is 0 Å². The molecule has 1 heterocycles. The molecule has 0 amide bonds. The predicted octanol–water partition coefficient (Wildman–Crippen LogP) is 3.44. The fourth-order valence-electron chi connectivity index (χ4n) is 2.48. The van der Waals surface area contributed by atoms with Gasteiger partial charge in [0.05, 0.1) is 12.5 Å². The largest absolute Gasteiger partial charge is 0.348 e. The highest BCUT2D eigenvalue weighted by Crippen LogP contribution is 2.17. The minimum Gasteiger partial charge on any atom is -0.348 e. The summed E-state index contributed by atoms with van der Waals surface area (Å²) in [5, 5.41) is 8.64. The summed E-state index contributed by atoms with van der Waals surface area (Å²) in [6.07, 6.45) is 0.881. The zero-order valence-corrected chi connectivity index (χ0v) is 11.9. The Bertz CT molecular complexity index is 648. The van der Waals surface area contributed by atoms with Gasteiger partial charge in [0.25, 0.3) is 0 Å². The normalized spacial score (nSPS) is 10.2. The van der Waals surface area contributed by atoms with Gasteiger partial charge in [0.1, 0.15) is 0 Å². The molecule has 0 N–H and O–H groups in total. The summed E-state index contributed by atoms with van der Waals surface area (Å²) in [5.74, 6) is -0.0911. The van der Waals surface area contributed by atoms with Crippen molar-refractivity contribution in [2.45, 2.75) is 33.2 Å². The minimum atomic E-state index is -0.0911. The highest BCUT2D eigenvalue weighted by molar-refractivity contribution is 5.98. The first-order chi connectivity index (χ1) is 9.63. The van der Waals surface area contributed by atoms with Crippen LogP contribution in [-0.4, -0.2) is 10.4 Å². The number of aryl methyl sites for hydroxylation is 2. The number of carbonyl (C=O) groups excluding carboxylic acids is 1. The zero-order valence-electron chi connectivity index (χ0n) is 11.9. The van der Waals surface area contributed by atoms with E-state index in [0.29, 0.717) is 5.56 Å². The van der Waals surface area contributed by atoms with Gasteiger partial charge < -0.3 is 4.57 Å². The molecule has 0 spiro atoms. The van der Waals surface area contributed by atoms with Gasteiger partial charge in [-0.25, -0.2) is 0 Å². The number of ketones is 1. The van der Waals surface area contributed by atoms with E-state index in [0.717, 1.165) is 24.4 Å². The van der Waals surface area contributed by atoms with Crippen LogP contribution >= 0.6 is 0 Å². The van der Waals surface area contributed by atoms with Crippen LogP contribution in [0.3, 0.4) is 0 Å². The van der Waals surface area contributed by atoms with Gasteiger partial charge in [-0.15, -0.1) is 0 Å². The van der Waals surface area contributed by atoms with Crippen LogP contribution in [0.15, 0.2) is 36.4 Å². The van der Waals surface area contributed by atoms with Gasteiger partial charge in [-0.1, -0.05) is 30.3 Å². The molecule has 1 aromatic heterocycles. The number of benzene rings is 1. The van der Waals surface area contributed by atoms with Crippen LogP contribution in [0.4, 0.5) is 0 Å². The number of aromatic nitrogens is 1. The second kappa shape index (κ2) is 6.21.